The van der Waals surface area contributed by atoms with E-state index in [4.69, 9.17) is 9.47 Å². The van der Waals surface area contributed by atoms with E-state index in [0.29, 0.717) is 50.6 Å². The van der Waals surface area contributed by atoms with Crippen LogP contribution in [0, 0.1) is 5.41 Å². The number of fused-ring (bicyclic) bond motifs is 1. The number of alkyl halides is 3. The summed E-state index contributed by atoms with van der Waals surface area (Å²) < 4.78 is 50.3. The number of halogens is 3. The van der Waals surface area contributed by atoms with E-state index in [2.05, 4.69) is 5.32 Å². The first kappa shape index (κ1) is 25.0. The molecule has 1 N–H and O–H groups in total. The molecule has 0 aromatic heterocycles. The molecule has 0 bridgehead atoms. The third kappa shape index (κ3) is 5.57. The van der Waals surface area contributed by atoms with Gasteiger partial charge in [-0.05, 0) is 68.7 Å². The van der Waals surface area contributed by atoms with Crippen molar-refractivity contribution in [3.05, 3.63) is 34.9 Å². The SMILES string of the molecule is CCOC(=O)C[C@]1(C(=O)N2CCc3ccc(C(F)(F)F)cc3C2)CC[C@@H](NC2CCOCC2)C1. The topological polar surface area (TPSA) is 67.9 Å². The molecule has 0 radical (unpaired) electrons. The molecule has 1 saturated carbocycles. The number of rotatable bonds is 6. The summed E-state index contributed by atoms with van der Waals surface area (Å²) in [5.41, 5.74) is -0.241. The van der Waals surface area contributed by atoms with Gasteiger partial charge in [0.2, 0.25) is 5.91 Å². The quantitative estimate of drug-likeness (QED) is 0.624. The van der Waals surface area contributed by atoms with Crippen molar-refractivity contribution in [3.63, 3.8) is 0 Å². The molecule has 0 spiro atoms. The van der Waals surface area contributed by atoms with Crippen LogP contribution in [0.4, 0.5) is 13.2 Å². The Morgan fingerprint density at radius 2 is 1.94 bits per heavy atom. The minimum Gasteiger partial charge on any atom is -0.466 e. The zero-order valence-corrected chi connectivity index (χ0v) is 19.6. The zero-order valence-electron chi connectivity index (χ0n) is 19.6. The van der Waals surface area contributed by atoms with Crippen molar-refractivity contribution < 1.29 is 32.2 Å². The highest BCUT2D eigenvalue weighted by atomic mass is 19.4. The normalized spacial score (nSPS) is 25.8. The lowest BCUT2D eigenvalue weighted by atomic mass is 9.80. The summed E-state index contributed by atoms with van der Waals surface area (Å²) >= 11 is 0. The number of esters is 1. The van der Waals surface area contributed by atoms with Gasteiger partial charge in [0.1, 0.15) is 0 Å². The van der Waals surface area contributed by atoms with Crippen LogP contribution in [0.25, 0.3) is 0 Å². The summed E-state index contributed by atoms with van der Waals surface area (Å²) in [6.07, 6.45) is -0.257. The highest BCUT2D eigenvalue weighted by Gasteiger charge is 2.49. The van der Waals surface area contributed by atoms with E-state index in [1.807, 2.05) is 0 Å². The predicted octanol–water partition coefficient (Wildman–Crippen LogP) is 3.85. The number of hydrogen-bond donors (Lipinski definition) is 1. The van der Waals surface area contributed by atoms with Crippen LogP contribution in [0.1, 0.15) is 62.1 Å². The molecule has 6 nitrogen and oxygen atoms in total. The number of ether oxygens (including phenoxy) is 2. The fourth-order valence-corrected chi connectivity index (χ4v) is 5.63. The molecule has 0 unspecified atom stereocenters. The van der Waals surface area contributed by atoms with E-state index in [0.717, 1.165) is 37.0 Å². The van der Waals surface area contributed by atoms with Crippen LogP contribution in [0.15, 0.2) is 18.2 Å². The second-order valence-electron chi connectivity index (χ2n) is 9.71. The fraction of sp³-hybridized carbons (Fsp3) is 0.680. The highest BCUT2D eigenvalue weighted by molar-refractivity contribution is 5.88. The molecule has 1 aliphatic carbocycles. The van der Waals surface area contributed by atoms with E-state index in [1.54, 1.807) is 11.8 Å². The smallest absolute Gasteiger partial charge is 0.416 e. The van der Waals surface area contributed by atoms with Crippen molar-refractivity contribution in [2.24, 2.45) is 5.41 Å². The van der Waals surface area contributed by atoms with Crippen LogP contribution in [0.5, 0.6) is 0 Å². The summed E-state index contributed by atoms with van der Waals surface area (Å²) in [5.74, 6) is -0.556. The van der Waals surface area contributed by atoms with E-state index in [-0.39, 0.29) is 31.5 Å². The van der Waals surface area contributed by atoms with Crippen LogP contribution in [-0.2, 0) is 38.2 Å². The average Bonchev–Trinajstić information content (AvgIpc) is 3.21. The molecule has 4 rings (SSSR count). The van der Waals surface area contributed by atoms with Crippen molar-refractivity contribution in [1.82, 2.24) is 10.2 Å². The lowest BCUT2D eigenvalue weighted by Gasteiger charge is -2.37. The van der Waals surface area contributed by atoms with Crippen molar-refractivity contribution in [2.45, 2.75) is 76.7 Å². The highest BCUT2D eigenvalue weighted by Crippen LogP contribution is 2.44. The minimum atomic E-state index is -4.43. The van der Waals surface area contributed by atoms with E-state index in [9.17, 15) is 22.8 Å². The van der Waals surface area contributed by atoms with Gasteiger partial charge in [0.25, 0.3) is 0 Å². The number of amides is 1. The number of carbonyl (C=O) groups excluding carboxylic acids is 2. The van der Waals surface area contributed by atoms with Crippen molar-refractivity contribution in [1.29, 1.82) is 0 Å². The average molecular weight is 483 g/mol. The first-order valence-electron chi connectivity index (χ1n) is 12.2. The second-order valence-corrected chi connectivity index (χ2v) is 9.71. The molecule has 3 aliphatic rings. The Morgan fingerprint density at radius 1 is 1.18 bits per heavy atom. The summed E-state index contributed by atoms with van der Waals surface area (Å²) in [6, 6.07) is 4.20. The van der Waals surface area contributed by atoms with Gasteiger partial charge in [-0.2, -0.15) is 13.2 Å². The summed E-state index contributed by atoms with van der Waals surface area (Å²) in [4.78, 5) is 28.0. The maximum Gasteiger partial charge on any atom is 0.416 e. The number of benzene rings is 1. The van der Waals surface area contributed by atoms with Crippen LogP contribution < -0.4 is 5.32 Å². The summed E-state index contributed by atoms with van der Waals surface area (Å²) in [6.45, 7) is 3.95. The Hall–Kier alpha value is -2.13. The van der Waals surface area contributed by atoms with Crippen molar-refractivity contribution >= 4 is 11.9 Å². The third-order valence-electron chi connectivity index (χ3n) is 7.38. The first-order valence-corrected chi connectivity index (χ1v) is 12.2. The minimum absolute atomic E-state index is 0.00240. The Balaban J connectivity index is 1.51. The standard InChI is InChI=1S/C25H33F3N2O4/c1-2-34-22(31)15-24(9-5-21(14-24)29-20-7-11-33-12-8-20)23(32)30-10-6-17-3-4-19(25(26,27)28)13-18(17)16-30/h3-4,13,20-21,29H,2,5-12,14-16H2,1H3/t21-,24+/m1/s1. The second kappa shape index (κ2) is 10.2. The largest absolute Gasteiger partial charge is 0.466 e. The molecule has 2 atom stereocenters. The monoisotopic (exact) mass is 482 g/mol. The van der Waals surface area contributed by atoms with Gasteiger partial charge in [0, 0.05) is 38.4 Å². The first-order chi connectivity index (χ1) is 16.2. The number of carbonyl (C=O) groups is 2. The predicted molar refractivity (Wildman–Crippen MR) is 119 cm³/mol. The van der Waals surface area contributed by atoms with Crippen LogP contribution in [-0.4, -0.2) is 55.2 Å². The molecule has 34 heavy (non-hydrogen) atoms. The number of hydrogen-bond acceptors (Lipinski definition) is 5. The molecule has 2 aliphatic heterocycles. The van der Waals surface area contributed by atoms with Gasteiger partial charge in [-0.15, -0.1) is 0 Å². The van der Waals surface area contributed by atoms with Gasteiger partial charge >= 0.3 is 12.1 Å². The lowest BCUT2D eigenvalue weighted by Crippen LogP contribution is -2.47. The molecule has 1 amide bonds. The molecular formula is C25H33F3N2O4. The van der Waals surface area contributed by atoms with Gasteiger partial charge in [0.05, 0.1) is 24.0 Å². The van der Waals surface area contributed by atoms with Crippen LogP contribution in [0.2, 0.25) is 0 Å². The number of nitrogens with zero attached hydrogens (tertiary/aromatic N) is 1. The summed E-state index contributed by atoms with van der Waals surface area (Å²) in [7, 11) is 0. The van der Waals surface area contributed by atoms with E-state index in [1.165, 1.54) is 6.07 Å². The molecule has 9 heteroatoms. The molecule has 188 valence electrons. The lowest BCUT2D eigenvalue weighted by molar-refractivity contribution is -0.154. The van der Waals surface area contributed by atoms with Gasteiger partial charge in [-0.25, -0.2) is 0 Å². The van der Waals surface area contributed by atoms with Gasteiger partial charge in [-0.1, -0.05) is 6.07 Å². The van der Waals surface area contributed by atoms with Crippen molar-refractivity contribution in [3.8, 4) is 0 Å². The van der Waals surface area contributed by atoms with Crippen LogP contribution in [0.3, 0.4) is 0 Å². The molecule has 1 saturated heterocycles. The molecular weight excluding hydrogens is 449 g/mol. The molecule has 1 aromatic rings. The van der Waals surface area contributed by atoms with Gasteiger partial charge in [0.15, 0.2) is 0 Å². The maximum atomic E-state index is 13.8. The Bertz CT molecular complexity index is 901. The van der Waals surface area contributed by atoms with Crippen LogP contribution >= 0.6 is 0 Å². The van der Waals surface area contributed by atoms with Crippen molar-refractivity contribution in [2.75, 3.05) is 26.4 Å². The Labute approximate surface area is 198 Å². The van der Waals surface area contributed by atoms with Gasteiger partial charge in [-0.3, -0.25) is 9.59 Å². The molecule has 1 aromatic carbocycles. The Morgan fingerprint density at radius 3 is 2.65 bits per heavy atom. The molecule has 2 fully saturated rings. The fourth-order valence-electron chi connectivity index (χ4n) is 5.63. The maximum absolute atomic E-state index is 13.8. The third-order valence-corrected chi connectivity index (χ3v) is 7.38. The summed E-state index contributed by atoms with van der Waals surface area (Å²) in [5, 5.41) is 3.65. The van der Waals surface area contributed by atoms with E-state index >= 15 is 0 Å². The number of nitrogens with one attached hydrogen (secondary N) is 1. The molecule has 2 heterocycles. The van der Waals surface area contributed by atoms with Gasteiger partial charge < -0.3 is 19.7 Å². The Kier molecular flexibility index (Phi) is 7.52. The zero-order chi connectivity index (χ0) is 24.3. The van der Waals surface area contributed by atoms with E-state index < -0.39 is 23.1 Å².